The predicted octanol–water partition coefficient (Wildman–Crippen LogP) is 6.12. The Labute approximate surface area is 327 Å². The summed E-state index contributed by atoms with van der Waals surface area (Å²) in [6.07, 6.45) is 6.56. The fourth-order valence-corrected chi connectivity index (χ4v) is 6.60. The van der Waals surface area contributed by atoms with Gasteiger partial charge in [0.2, 0.25) is 11.8 Å². The van der Waals surface area contributed by atoms with Crippen molar-refractivity contribution in [2.24, 2.45) is 5.92 Å². The molecule has 1 aliphatic rings. The van der Waals surface area contributed by atoms with Crippen molar-refractivity contribution in [3.63, 3.8) is 0 Å². The number of ether oxygens (including phenoxy) is 3. The van der Waals surface area contributed by atoms with E-state index in [2.05, 4.69) is 48.0 Å². The molecule has 0 radical (unpaired) electrons. The first-order chi connectivity index (χ1) is 27.1. The van der Waals surface area contributed by atoms with Crippen LogP contribution in [0.2, 0.25) is 0 Å². The lowest BCUT2D eigenvalue weighted by molar-refractivity contribution is -0.135. The monoisotopic (exact) mass is 770 g/mol. The molecule has 5 rings (SSSR count). The Kier molecular flexibility index (Phi) is 15.0. The Balaban J connectivity index is 1.24. The molecule has 56 heavy (non-hydrogen) atoms. The van der Waals surface area contributed by atoms with Crippen LogP contribution in [0.25, 0.3) is 33.6 Å². The van der Waals surface area contributed by atoms with E-state index in [4.69, 9.17) is 14.2 Å². The molecule has 300 valence electrons. The number of hydrogen-bond donors (Lipinski definition) is 5. The van der Waals surface area contributed by atoms with Gasteiger partial charge in [0, 0.05) is 19.8 Å². The van der Waals surface area contributed by atoms with Crippen molar-refractivity contribution in [1.82, 2.24) is 40.8 Å². The minimum absolute atomic E-state index is 0.124. The average Bonchev–Trinajstić information content (AvgIpc) is 3.89. The van der Waals surface area contributed by atoms with Crippen LogP contribution < -0.4 is 16.0 Å². The molecule has 0 spiro atoms. The number of carbonyl (C=O) groups excluding carboxylic acids is 4. The van der Waals surface area contributed by atoms with Crippen LogP contribution in [-0.4, -0.2) is 94.9 Å². The van der Waals surface area contributed by atoms with Gasteiger partial charge in [-0.2, -0.15) is 0 Å². The van der Waals surface area contributed by atoms with Crippen LogP contribution in [0.3, 0.4) is 0 Å². The molecular formula is C41H54N8O7. The molecule has 3 unspecified atom stereocenters. The zero-order chi connectivity index (χ0) is 40.0. The fraction of sp³-hybridized carbons (Fsp3) is 0.463. The summed E-state index contributed by atoms with van der Waals surface area (Å²) in [4.78, 5) is 68.2. The van der Waals surface area contributed by atoms with E-state index < -0.39 is 30.3 Å². The molecule has 3 heterocycles. The normalized spacial score (nSPS) is 17.1. The molecule has 15 nitrogen and oxygen atoms in total. The lowest BCUT2D eigenvalue weighted by atomic mass is 10.0. The van der Waals surface area contributed by atoms with Crippen molar-refractivity contribution in [3.05, 3.63) is 72.6 Å². The van der Waals surface area contributed by atoms with Gasteiger partial charge in [-0.25, -0.2) is 19.6 Å². The number of amides is 4. The van der Waals surface area contributed by atoms with E-state index in [1.165, 1.54) is 14.2 Å². The van der Waals surface area contributed by atoms with Crippen LogP contribution in [0.4, 0.5) is 9.59 Å². The number of H-pyrrole nitrogens is 2. The predicted molar refractivity (Wildman–Crippen MR) is 211 cm³/mol. The van der Waals surface area contributed by atoms with E-state index in [1.807, 2.05) is 57.2 Å². The lowest BCUT2D eigenvalue weighted by Crippen LogP contribution is -2.51. The number of hydrogen-bond acceptors (Lipinski definition) is 9. The third-order valence-corrected chi connectivity index (χ3v) is 9.76. The first kappa shape index (κ1) is 41.5. The second-order valence-corrected chi connectivity index (χ2v) is 14.2. The van der Waals surface area contributed by atoms with Gasteiger partial charge in [0.05, 0.1) is 50.6 Å². The van der Waals surface area contributed by atoms with E-state index in [1.54, 1.807) is 17.3 Å². The highest BCUT2D eigenvalue weighted by Crippen LogP contribution is 2.28. The number of imidazole rings is 2. The summed E-state index contributed by atoms with van der Waals surface area (Å²) < 4.78 is 15.3. The standard InChI is InChI=1S/C41H54N8O7/c1-6-20-49(39(51)36(26(2)3)48-41(53)55-5)25-35-42-23-33(44-35)29-15-11-27(12-16-29)28-13-17-30(18-14-28)34-24-43-37(45-34)31-19-22-56-21-9-7-8-10-32(38(50)46-31)47-40(52)54-4/h11-18,23-24,26,31-32,36H,6-10,19-22,25H2,1-5H3,(H,42,44)(H,43,45)(H,46,50)(H,47,52)(H,48,53). The van der Waals surface area contributed by atoms with Gasteiger partial charge in [0.15, 0.2) is 0 Å². The van der Waals surface area contributed by atoms with Gasteiger partial charge >= 0.3 is 12.2 Å². The van der Waals surface area contributed by atoms with E-state index in [0.29, 0.717) is 44.2 Å². The Hall–Kier alpha value is -5.70. The van der Waals surface area contributed by atoms with Gasteiger partial charge in [-0.15, -0.1) is 0 Å². The summed E-state index contributed by atoms with van der Waals surface area (Å²) in [5.41, 5.74) is 5.59. The van der Waals surface area contributed by atoms with Crippen LogP contribution in [0.5, 0.6) is 0 Å². The molecule has 0 bridgehead atoms. The lowest BCUT2D eigenvalue weighted by Gasteiger charge is -2.28. The zero-order valence-electron chi connectivity index (χ0n) is 32.9. The molecule has 5 N–H and O–H groups in total. The Morgan fingerprint density at radius 1 is 0.839 bits per heavy atom. The minimum Gasteiger partial charge on any atom is -0.453 e. The number of aromatic nitrogens is 4. The van der Waals surface area contributed by atoms with Crippen molar-refractivity contribution in [1.29, 1.82) is 0 Å². The molecule has 0 saturated carbocycles. The maximum atomic E-state index is 13.4. The minimum atomic E-state index is -0.714. The van der Waals surface area contributed by atoms with Crippen molar-refractivity contribution >= 4 is 24.0 Å². The van der Waals surface area contributed by atoms with Crippen molar-refractivity contribution in [2.45, 2.75) is 84.0 Å². The van der Waals surface area contributed by atoms with Crippen LogP contribution in [0.1, 0.15) is 77.0 Å². The largest absolute Gasteiger partial charge is 0.453 e. The van der Waals surface area contributed by atoms with E-state index in [-0.39, 0.29) is 24.3 Å². The second kappa shape index (κ2) is 20.3. The summed E-state index contributed by atoms with van der Waals surface area (Å²) >= 11 is 0. The molecule has 15 heteroatoms. The maximum absolute atomic E-state index is 13.4. The third kappa shape index (κ3) is 11.2. The van der Waals surface area contributed by atoms with Gasteiger partial charge in [0.1, 0.15) is 23.7 Å². The van der Waals surface area contributed by atoms with Crippen LogP contribution in [-0.2, 0) is 30.3 Å². The SMILES string of the molecule is CCCN(Cc1ncc(-c2ccc(-c3ccc(-c4cnc(C5CCOCCCCCC(NC(=O)OC)C(=O)N5)[nH]4)cc3)cc2)[nH]1)C(=O)C(NC(=O)OC)C(C)C. The summed E-state index contributed by atoms with van der Waals surface area (Å²) in [5.74, 6) is 0.645. The van der Waals surface area contributed by atoms with E-state index in [9.17, 15) is 19.2 Å². The Morgan fingerprint density at radius 3 is 2.09 bits per heavy atom. The fourth-order valence-electron chi connectivity index (χ4n) is 6.60. The number of nitrogens with one attached hydrogen (secondary N) is 5. The van der Waals surface area contributed by atoms with Crippen LogP contribution >= 0.6 is 0 Å². The molecular weight excluding hydrogens is 716 g/mol. The topological polar surface area (TPSA) is 193 Å². The van der Waals surface area contributed by atoms with Crippen LogP contribution in [0.15, 0.2) is 60.9 Å². The number of aromatic amines is 2. The maximum Gasteiger partial charge on any atom is 0.407 e. The van der Waals surface area contributed by atoms with Gasteiger partial charge in [-0.1, -0.05) is 82.1 Å². The Bertz CT molecular complexity index is 1890. The van der Waals surface area contributed by atoms with E-state index in [0.717, 1.165) is 59.3 Å². The average molecular weight is 771 g/mol. The first-order valence-corrected chi connectivity index (χ1v) is 19.3. The van der Waals surface area contributed by atoms with Crippen LogP contribution in [0, 0.1) is 5.92 Å². The number of carbonyl (C=O) groups is 4. The number of methoxy groups -OCH3 is 2. The summed E-state index contributed by atoms with van der Waals surface area (Å²) in [6, 6.07) is 14.4. The van der Waals surface area contributed by atoms with Crippen molar-refractivity contribution < 1.29 is 33.4 Å². The highest BCUT2D eigenvalue weighted by atomic mass is 16.5. The molecule has 3 atom stereocenters. The molecule has 2 aromatic carbocycles. The molecule has 0 aliphatic carbocycles. The molecule has 4 amide bonds. The number of alkyl carbamates (subject to hydrolysis) is 2. The van der Waals surface area contributed by atoms with Gasteiger partial charge in [0.25, 0.3) is 0 Å². The van der Waals surface area contributed by atoms with Crippen molar-refractivity contribution in [2.75, 3.05) is 34.0 Å². The molecule has 2 aromatic heterocycles. The molecule has 4 aromatic rings. The number of nitrogens with zero attached hydrogens (tertiary/aromatic N) is 3. The molecule has 1 fully saturated rings. The Morgan fingerprint density at radius 2 is 1.46 bits per heavy atom. The summed E-state index contributed by atoms with van der Waals surface area (Å²) in [6.45, 7) is 7.65. The number of rotatable bonds is 12. The third-order valence-electron chi connectivity index (χ3n) is 9.76. The van der Waals surface area contributed by atoms with E-state index >= 15 is 0 Å². The van der Waals surface area contributed by atoms with Gasteiger partial charge < -0.3 is 45.0 Å². The van der Waals surface area contributed by atoms with Gasteiger partial charge in [-0.05, 0) is 53.9 Å². The van der Waals surface area contributed by atoms with Gasteiger partial charge in [-0.3, -0.25) is 9.59 Å². The molecule has 1 saturated heterocycles. The highest BCUT2D eigenvalue weighted by Gasteiger charge is 2.30. The quantitative estimate of drug-likeness (QED) is 0.113. The number of benzene rings is 2. The van der Waals surface area contributed by atoms with Crippen molar-refractivity contribution in [3.8, 4) is 33.6 Å². The second-order valence-electron chi connectivity index (χ2n) is 14.2. The smallest absolute Gasteiger partial charge is 0.407 e. The first-order valence-electron chi connectivity index (χ1n) is 19.3. The molecule has 1 aliphatic heterocycles. The summed E-state index contributed by atoms with van der Waals surface area (Å²) in [5, 5.41) is 8.39. The summed E-state index contributed by atoms with van der Waals surface area (Å²) in [7, 11) is 2.56. The zero-order valence-corrected chi connectivity index (χ0v) is 32.9. The highest BCUT2D eigenvalue weighted by molar-refractivity contribution is 5.86.